The number of carbonyl (C=O) groups is 1. The molecule has 1 fully saturated rings. The number of benzene rings is 1. The molecular formula is C23H30N4O3. The predicted molar refractivity (Wildman–Crippen MR) is 118 cm³/mol. The minimum absolute atomic E-state index is 0.160. The number of urea groups is 1. The van der Waals surface area contributed by atoms with Gasteiger partial charge in [-0.25, -0.2) is 14.8 Å². The van der Waals surface area contributed by atoms with E-state index in [1.54, 1.807) is 0 Å². The molecule has 1 aliphatic heterocycles. The Morgan fingerprint density at radius 2 is 2.20 bits per heavy atom. The average molecular weight is 411 g/mol. The molecule has 1 aromatic heterocycles. The van der Waals surface area contributed by atoms with Crippen LogP contribution >= 0.6 is 0 Å². The Bertz CT molecular complexity index is 867. The third-order valence-electron chi connectivity index (χ3n) is 5.13. The van der Waals surface area contributed by atoms with Gasteiger partial charge >= 0.3 is 6.03 Å². The van der Waals surface area contributed by atoms with Gasteiger partial charge < -0.3 is 14.4 Å². The molecule has 1 unspecified atom stereocenters. The van der Waals surface area contributed by atoms with Crippen LogP contribution in [0.15, 0.2) is 42.2 Å². The fourth-order valence-electron chi connectivity index (χ4n) is 3.37. The lowest BCUT2D eigenvalue weighted by molar-refractivity contribution is 0.197. The summed E-state index contributed by atoms with van der Waals surface area (Å²) >= 11 is 0. The number of piperidine rings is 1. The van der Waals surface area contributed by atoms with Crippen LogP contribution in [0.25, 0.3) is 6.08 Å². The Kier molecular flexibility index (Phi) is 7.65. The molecule has 160 valence electrons. The Balaban J connectivity index is 1.57. The van der Waals surface area contributed by atoms with Gasteiger partial charge in [0, 0.05) is 13.1 Å². The summed E-state index contributed by atoms with van der Waals surface area (Å²) in [5.41, 5.74) is 2.48. The topological polar surface area (TPSA) is 76.6 Å². The predicted octanol–water partition coefficient (Wildman–Crippen LogP) is 4.62. The van der Waals surface area contributed by atoms with Crippen molar-refractivity contribution in [3.8, 4) is 11.6 Å². The first-order valence-corrected chi connectivity index (χ1v) is 10.4. The number of hydrogen-bond donors (Lipinski definition) is 1. The molecule has 0 saturated carbocycles. The molecular weight excluding hydrogens is 380 g/mol. The van der Waals surface area contributed by atoms with E-state index in [-0.39, 0.29) is 11.9 Å². The van der Waals surface area contributed by atoms with E-state index < -0.39 is 0 Å². The highest BCUT2D eigenvalue weighted by Crippen LogP contribution is 2.26. The molecule has 7 nitrogen and oxygen atoms in total. The molecule has 1 aromatic carbocycles. The van der Waals surface area contributed by atoms with Crippen molar-refractivity contribution in [2.24, 2.45) is 5.92 Å². The number of anilines is 1. The molecule has 0 spiro atoms. The summed E-state index contributed by atoms with van der Waals surface area (Å²) in [5, 5.41) is 2.80. The second-order valence-electron chi connectivity index (χ2n) is 7.46. The van der Waals surface area contributed by atoms with Gasteiger partial charge in [-0.3, -0.25) is 5.32 Å². The van der Waals surface area contributed by atoms with Crippen molar-refractivity contribution < 1.29 is 14.3 Å². The second-order valence-corrected chi connectivity index (χ2v) is 7.46. The van der Waals surface area contributed by atoms with E-state index in [2.05, 4.69) is 47.3 Å². The number of rotatable bonds is 7. The van der Waals surface area contributed by atoms with Gasteiger partial charge in [0.05, 0.1) is 26.1 Å². The molecule has 0 radical (unpaired) electrons. The van der Waals surface area contributed by atoms with Crippen LogP contribution in [0.4, 0.5) is 10.6 Å². The Morgan fingerprint density at radius 3 is 2.90 bits per heavy atom. The lowest BCUT2D eigenvalue weighted by Crippen LogP contribution is -2.42. The first kappa shape index (κ1) is 21.6. The summed E-state index contributed by atoms with van der Waals surface area (Å²) in [7, 11) is 1.53. The highest BCUT2D eigenvalue weighted by Gasteiger charge is 2.24. The zero-order valence-electron chi connectivity index (χ0n) is 17.9. The van der Waals surface area contributed by atoms with Crippen molar-refractivity contribution in [2.75, 3.05) is 32.1 Å². The van der Waals surface area contributed by atoms with E-state index in [1.807, 2.05) is 17.0 Å². The summed E-state index contributed by atoms with van der Waals surface area (Å²) in [5.74, 6) is 2.00. The van der Waals surface area contributed by atoms with Gasteiger partial charge in [-0.15, -0.1) is 0 Å². The maximum Gasteiger partial charge on any atom is 0.323 e. The highest BCUT2D eigenvalue weighted by atomic mass is 16.5. The van der Waals surface area contributed by atoms with Crippen LogP contribution < -0.4 is 14.8 Å². The molecule has 0 bridgehead atoms. The van der Waals surface area contributed by atoms with E-state index in [9.17, 15) is 4.79 Å². The van der Waals surface area contributed by atoms with Gasteiger partial charge in [0.25, 0.3) is 0 Å². The lowest BCUT2D eigenvalue weighted by atomic mass is 9.91. The zero-order valence-corrected chi connectivity index (χ0v) is 17.9. The number of hydrogen-bond acceptors (Lipinski definition) is 5. The quantitative estimate of drug-likeness (QED) is 0.674. The summed E-state index contributed by atoms with van der Waals surface area (Å²) < 4.78 is 10.8. The van der Waals surface area contributed by atoms with Gasteiger partial charge in [0.15, 0.2) is 5.82 Å². The van der Waals surface area contributed by atoms with Crippen molar-refractivity contribution in [2.45, 2.75) is 33.1 Å². The van der Waals surface area contributed by atoms with Crippen LogP contribution in [0.5, 0.6) is 11.6 Å². The monoisotopic (exact) mass is 410 g/mol. The third kappa shape index (κ3) is 5.95. The molecule has 7 heteroatoms. The van der Waals surface area contributed by atoms with Crippen molar-refractivity contribution in [3.63, 3.8) is 0 Å². The van der Waals surface area contributed by atoms with Gasteiger partial charge in [-0.1, -0.05) is 44.1 Å². The van der Waals surface area contributed by atoms with E-state index in [0.29, 0.717) is 24.8 Å². The van der Waals surface area contributed by atoms with Crippen LogP contribution in [-0.4, -0.2) is 47.7 Å². The first-order valence-electron chi connectivity index (χ1n) is 10.4. The fourth-order valence-corrected chi connectivity index (χ4v) is 3.37. The van der Waals surface area contributed by atoms with Gasteiger partial charge in [-0.05, 0) is 36.5 Å². The first-order chi connectivity index (χ1) is 14.6. The van der Waals surface area contributed by atoms with E-state index >= 15 is 0 Å². The number of carbonyl (C=O) groups excluding carboxylic acids is 1. The molecule has 0 aliphatic carbocycles. The lowest BCUT2D eigenvalue weighted by Gasteiger charge is -2.33. The number of ether oxygens (including phenoxy) is 2. The standard InChI is InChI=1S/C23H30N4O3/c1-4-5-11-30-20-8-6-7-18(13-20)12-19-9-10-27(16-17(19)2)23(28)26-21-14-25-22(29-3)15-24-21/h6-8,12-15,17H,4-5,9-11,16H2,1-3H3,(H,24,26,28)/b19-12+. The van der Waals surface area contributed by atoms with Gasteiger partial charge in [0.1, 0.15) is 5.75 Å². The summed E-state index contributed by atoms with van der Waals surface area (Å²) in [6.45, 7) is 6.38. The van der Waals surface area contributed by atoms with Crippen LogP contribution in [0, 0.1) is 5.92 Å². The molecule has 2 amide bonds. The molecule has 1 atom stereocenters. The summed E-state index contributed by atoms with van der Waals surface area (Å²) in [6.07, 6.45) is 8.21. The third-order valence-corrected chi connectivity index (χ3v) is 5.13. The number of likely N-dealkylation sites (tertiary alicyclic amines) is 1. The van der Waals surface area contributed by atoms with Gasteiger partial charge in [-0.2, -0.15) is 0 Å². The fraction of sp³-hybridized carbons (Fsp3) is 0.435. The Labute approximate surface area is 178 Å². The SMILES string of the molecule is CCCCOc1cccc(/C=C2\CCN(C(=O)Nc3cnc(OC)cn3)CC2C)c1. The van der Waals surface area contributed by atoms with E-state index in [4.69, 9.17) is 9.47 Å². The van der Waals surface area contributed by atoms with Crippen molar-refractivity contribution in [1.82, 2.24) is 14.9 Å². The number of amides is 2. The molecule has 1 saturated heterocycles. The highest BCUT2D eigenvalue weighted by molar-refractivity contribution is 5.88. The molecule has 2 heterocycles. The molecule has 1 N–H and O–H groups in total. The Morgan fingerprint density at radius 1 is 1.33 bits per heavy atom. The number of methoxy groups -OCH3 is 1. The molecule has 1 aliphatic rings. The maximum absolute atomic E-state index is 12.6. The van der Waals surface area contributed by atoms with Crippen molar-refractivity contribution in [3.05, 3.63) is 47.8 Å². The smallest absolute Gasteiger partial charge is 0.323 e. The van der Waals surface area contributed by atoms with Crippen LogP contribution in [0.3, 0.4) is 0 Å². The van der Waals surface area contributed by atoms with E-state index in [0.717, 1.165) is 37.2 Å². The number of nitrogens with one attached hydrogen (secondary N) is 1. The summed E-state index contributed by atoms with van der Waals surface area (Å²) in [4.78, 5) is 22.6. The van der Waals surface area contributed by atoms with Crippen LogP contribution in [-0.2, 0) is 0 Å². The van der Waals surface area contributed by atoms with Gasteiger partial charge in [0.2, 0.25) is 5.88 Å². The minimum Gasteiger partial charge on any atom is -0.494 e. The molecule has 3 rings (SSSR count). The molecule has 2 aromatic rings. The van der Waals surface area contributed by atoms with Crippen LogP contribution in [0.2, 0.25) is 0 Å². The van der Waals surface area contributed by atoms with Crippen molar-refractivity contribution >= 4 is 17.9 Å². The largest absolute Gasteiger partial charge is 0.494 e. The normalized spacial score (nSPS) is 17.6. The average Bonchev–Trinajstić information content (AvgIpc) is 2.76. The van der Waals surface area contributed by atoms with Crippen LogP contribution in [0.1, 0.15) is 38.7 Å². The van der Waals surface area contributed by atoms with Crippen molar-refractivity contribution in [1.29, 1.82) is 0 Å². The molecule has 30 heavy (non-hydrogen) atoms. The zero-order chi connectivity index (χ0) is 21.3. The summed E-state index contributed by atoms with van der Waals surface area (Å²) in [6, 6.07) is 8.03. The second kappa shape index (κ2) is 10.6. The minimum atomic E-state index is -0.160. The number of aromatic nitrogens is 2. The number of nitrogens with zero attached hydrogens (tertiary/aromatic N) is 3. The maximum atomic E-state index is 12.6. The Hall–Kier alpha value is -3.09. The van der Waals surface area contributed by atoms with E-state index in [1.165, 1.54) is 25.1 Å². The number of unbranched alkanes of at least 4 members (excludes halogenated alkanes) is 1.